The average molecular weight is 392 g/mol. The van der Waals surface area contributed by atoms with E-state index in [0.717, 1.165) is 17.7 Å². The molecule has 144 valence electrons. The van der Waals surface area contributed by atoms with Crippen molar-refractivity contribution in [1.29, 1.82) is 0 Å². The Hall–Kier alpha value is -2.60. The van der Waals surface area contributed by atoms with Gasteiger partial charge >= 0.3 is 0 Å². The lowest BCUT2D eigenvalue weighted by Gasteiger charge is -2.15. The molecule has 0 aromatic heterocycles. The fourth-order valence-electron chi connectivity index (χ4n) is 3.06. The molecule has 7 heteroatoms. The minimum absolute atomic E-state index is 0.102. The number of halogens is 1. The second-order valence-electron chi connectivity index (χ2n) is 6.17. The second kappa shape index (κ2) is 7.96. The summed E-state index contributed by atoms with van der Waals surface area (Å²) in [4.78, 5) is 12.8. The summed E-state index contributed by atoms with van der Waals surface area (Å²) >= 11 is 6.20. The van der Waals surface area contributed by atoms with Gasteiger partial charge in [-0.15, -0.1) is 0 Å². The maximum atomic E-state index is 12.8. The van der Waals surface area contributed by atoms with E-state index < -0.39 is 0 Å². The Morgan fingerprint density at radius 2 is 2.00 bits per heavy atom. The number of benzene rings is 2. The number of amides is 1. The molecule has 27 heavy (non-hydrogen) atoms. The van der Waals surface area contributed by atoms with Crippen LogP contribution in [0.2, 0.25) is 5.02 Å². The van der Waals surface area contributed by atoms with E-state index in [1.807, 2.05) is 19.9 Å². The predicted octanol–water partition coefficient (Wildman–Crippen LogP) is 4.33. The number of methoxy groups -OCH3 is 2. The highest BCUT2D eigenvalue weighted by Gasteiger charge is 2.23. The van der Waals surface area contributed by atoms with Gasteiger partial charge in [0.2, 0.25) is 0 Å². The van der Waals surface area contributed by atoms with Gasteiger partial charge in [-0.2, -0.15) is 0 Å². The van der Waals surface area contributed by atoms with E-state index in [2.05, 4.69) is 5.32 Å². The molecular formula is C20H22ClNO5. The van der Waals surface area contributed by atoms with Crippen LogP contribution in [0.25, 0.3) is 0 Å². The maximum Gasteiger partial charge on any atom is 0.255 e. The minimum Gasteiger partial charge on any atom is -0.493 e. The summed E-state index contributed by atoms with van der Waals surface area (Å²) in [5.41, 5.74) is 1.95. The van der Waals surface area contributed by atoms with Crippen molar-refractivity contribution >= 4 is 23.2 Å². The number of hydrogen-bond donors (Lipinski definition) is 1. The standard InChI is InChI=1S/C20H22ClNO5/c1-5-26-17-8-12-6-11(2)27-16(12)10-15(17)22-20(23)13-7-14(21)19(25-4)18(9-13)24-3/h7-11H,5-6H2,1-4H3,(H,22,23). The Morgan fingerprint density at radius 3 is 2.67 bits per heavy atom. The van der Waals surface area contributed by atoms with Crippen molar-refractivity contribution in [2.45, 2.75) is 26.4 Å². The Labute approximate surface area is 163 Å². The predicted molar refractivity (Wildman–Crippen MR) is 104 cm³/mol. The molecule has 0 saturated carbocycles. The van der Waals surface area contributed by atoms with Crippen LogP contribution in [0.4, 0.5) is 5.69 Å². The molecule has 6 nitrogen and oxygen atoms in total. The molecule has 0 radical (unpaired) electrons. The molecular weight excluding hydrogens is 370 g/mol. The molecule has 1 aliphatic heterocycles. The zero-order valence-electron chi connectivity index (χ0n) is 15.7. The number of ether oxygens (including phenoxy) is 4. The van der Waals surface area contributed by atoms with Crippen LogP contribution < -0.4 is 24.3 Å². The number of rotatable bonds is 6. The van der Waals surface area contributed by atoms with Crippen LogP contribution in [0.5, 0.6) is 23.0 Å². The third-order valence-corrected chi connectivity index (χ3v) is 4.52. The topological polar surface area (TPSA) is 66.0 Å². The van der Waals surface area contributed by atoms with E-state index in [1.54, 1.807) is 12.1 Å². The Kier molecular flexibility index (Phi) is 5.65. The Balaban J connectivity index is 1.92. The molecule has 2 aromatic carbocycles. The lowest BCUT2D eigenvalue weighted by atomic mass is 10.1. The molecule has 0 spiro atoms. The van der Waals surface area contributed by atoms with E-state index in [0.29, 0.717) is 35.1 Å². The third kappa shape index (κ3) is 3.90. The number of hydrogen-bond acceptors (Lipinski definition) is 5. The fourth-order valence-corrected chi connectivity index (χ4v) is 3.34. The SMILES string of the molecule is CCOc1cc2c(cc1NC(=O)c1cc(Cl)c(OC)c(OC)c1)OC(C)C2. The van der Waals surface area contributed by atoms with Gasteiger partial charge < -0.3 is 24.3 Å². The smallest absolute Gasteiger partial charge is 0.255 e. The summed E-state index contributed by atoms with van der Waals surface area (Å²) in [5.74, 6) is 1.78. The van der Waals surface area contributed by atoms with E-state index >= 15 is 0 Å². The summed E-state index contributed by atoms with van der Waals surface area (Å²) in [5, 5.41) is 3.16. The van der Waals surface area contributed by atoms with Crippen molar-refractivity contribution in [3.8, 4) is 23.0 Å². The highest BCUT2D eigenvalue weighted by molar-refractivity contribution is 6.32. The summed E-state index contributed by atoms with van der Waals surface area (Å²) < 4.78 is 22.0. The molecule has 1 amide bonds. The van der Waals surface area contributed by atoms with E-state index in [1.165, 1.54) is 20.3 Å². The van der Waals surface area contributed by atoms with E-state index in [9.17, 15) is 4.79 Å². The summed E-state index contributed by atoms with van der Waals surface area (Å²) in [7, 11) is 2.98. The van der Waals surface area contributed by atoms with Gasteiger partial charge in [0.25, 0.3) is 5.91 Å². The fraction of sp³-hybridized carbons (Fsp3) is 0.350. The highest BCUT2D eigenvalue weighted by atomic mass is 35.5. The van der Waals surface area contributed by atoms with Gasteiger partial charge in [-0.05, 0) is 32.0 Å². The van der Waals surface area contributed by atoms with Gasteiger partial charge in [0.05, 0.1) is 31.5 Å². The van der Waals surface area contributed by atoms with Crippen LogP contribution in [0, 0.1) is 0 Å². The monoisotopic (exact) mass is 391 g/mol. The first-order chi connectivity index (χ1) is 13.0. The van der Waals surface area contributed by atoms with Gasteiger partial charge in [-0.25, -0.2) is 0 Å². The first kappa shape index (κ1) is 19.2. The molecule has 1 aliphatic rings. The quantitative estimate of drug-likeness (QED) is 0.793. The minimum atomic E-state index is -0.343. The third-order valence-electron chi connectivity index (χ3n) is 4.24. The molecule has 0 aliphatic carbocycles. The summed E-state index contributed by atoms with van der Waals surface area (Å²) in [6.45, 7) is 4.39. The van der Waals surface area contributed by atoms with Crippen LogP contribution >= 0.6 is 11.6 Å². The van der Waals surface area contributed by atoms with Crippen molar-refractivity contribution in [2.24, 2.45) is 0 Å². The molecule has 1 heterocycles. The van der Waals surface area contributed by atoms with Gasteiger partial charge in [-0.3, -0.25) is 4.79 Å². The van der Waals surface area contributed by atoms with Crippen molar-refractivity contribution in [3.05, 3.63) is 40.4 Å². The number of anilines is 1. The van der Waals surface area contributed by atoms with Crippen molar-refractivity contribution in [1.82, 2.24) is 0 Å². The van der Waals surface area contributed by atoms with Crippen LogP contribution in [0.15, 0.2) is 24.3 Å². The molecule has 1 unspecified atom stereocenters. The second-order valence-corrected chi connectivity index (χ2v) is 6.58. The lowest BCUT2D eigenvalue weighted by Crippen LogP contribution is -2.13. The van der Waals surface area contributed by atoms with E-state index in [4.69, 9.17) is 30.5 Å². The largest absolute Gasteiger partial charge is 0.493 e. The first-order valence-electron chi connectivity index (χ1n) is 8.66. The zero-order valence-corrected chi connectivity index (χ0v) is 16.5. The van der Waals surface area contributed by atoms with Crippen LogP contribution in [-0.2, 0) is 6.42 Å². The molecule has 0 bridgehead atoms. The van der Waals surface area contributed by atoms with Crippen LogP contribution in [-0.4, -0.2) is 32.8 Å². The number of fused-ring (bicyclic) bond motifs is 1. The van der Waals surface area contributed by atoms with Crippen LogP contribution in [0.1, 0.15) is 29.8 Å². The molecule has 3 rings (SSSR count). The lowest BCUT2D eigenvalue weighted by molar-refractivity contribution is 0.102. The molecule has 1 N–H and O–H groups in total. The summed E-state index contributed by atoms with van der Waals surface area (Å²) in [6, 6.07) is 6.82. The normalized spacial score (nSPS) is 14.9. The zero-order chi connectivity index (χ0) is 19.6. The van der Waals surface area contributed by atoms with Crippen molar-refractivity contribution in [2.75, 3.05) is 26.1 Å². The first-order valence-corrected chi connectivity index (χ1v) is 9.03. The van der Waals surface area contributed by atoms with Gasteiger partial charge in [-0.1, -0.05) is 11.6 Å². The van der Waals surface area contributed by atoms with E-state index in [-0.39, 0.29) is 17.0 Å². The van der Waals surface area contributed by atoms with Gasteiger partial charge in [0.1, 0.15) is 17.6 Å². The molecule has 2 aromatic rings. The highest BCUT2D eigenvalue weighted by Crippen LogP contribution is 2.39. The van der Waals surface area contributed by atoms with Crippen molar-refractivity contribution in [3.63, 3.8) is 0 Å². The number of carbonyl (C=O) groups is 1. The molecule has 0 fully saturated rings. The molecule has 1 atom stereocenters. The number of carbonyl (C=O) groups excluding carboxylic acids is 1. The van der Waals surface area contributed by atoms with Gasteiger partial charge in [0, 0.05) is 23.6 Å². The van der Waals surface area contributed by atoms with Crippen molar-refractivity contribution < 1.29 is 23.7 Å². The average Bonchev–Trinajstić information content (AvgIpc) is 3.00. The Morgan fingerprint density at radius 1 is 1.22 bits per heavy atom. The number of nitrogens with one attached hydrogen (secondary N) is 1. The van der Waals surface area contributed by atoms with Crippen LogP contribution in [0.3, 0.4) is 0 Å². The molecule has 0 saturated heterocycles. The Bertz CT molecular complexity index is 868. The van der Waals surface area contributed by atoms with Gasteiger partial charge in [0.15, 0.2) is 11.5 Å². The maximum absolute atomic E-state index is 12.8. The summed E-state index contributed by atoms with van der Waals surface area (Å²) in [6.07, 6.45) is 0.916.